The van der Waals surface area contributed by atoms with Gasteiger partial charge in [0, 0.05) is 18.7 Å². The molecule has 2 N–H and O–H groups in total. The van der Waals surface area contributed by atoms with Gasteiger partial charge in [-0.2, -0.15) is 0 Å². The second-order valence-electron chi connectivity index (χ2n) is 8.30. The lowest BCUT2D eigenvalue weighted by Crippen LogP contribution is -2.37. The lowest BCUT2D eigenvalue weighted by molar-refractivity contribution is -0.384. The van der Waals surface area contributed by atoms with Gasteiger partial charge in [0.1, 0.15) is 0 Å². The molecule has 2 amide bonds. The van der Waals surface area contributed by atoms with Gasteiger partial charge in [0.05, 0.1) is 32.8 Å². The van der Waals surface area contributed by atoms with Crippen LogP contribution in [0.15, 0.2) is 72.8 Å². The van der Waals surface area contributed by atoms with Gasteiger partial charge in [-0.15, -0.1) is 0 Å². The van der Waals surface area contributed by atoms with E-state index in [-0.39, 0.29) is 28.2 Å². The molecule has 1 aliphatic heterocycles. The zero-order valence-electron chi connectivity index (χ0n) is 18.9. The van der Waals surface area contributed by atoms with Gasteiger partial charge in [-0.3, -0.25) is 24.6 Å². The Bertz CT molecular complexity index is 1230. The van der Waals surface area contributed by atoms with Gasteiger partial charge in [-0.1, -0.05) is 54.1 Å². The number of nitrogens with zero attached hydrogens (tertiary/aromatic N) is 2. The molecule has 0 bridgehead atoms. The van der Waals surface area contributed by atoms with Gasteiger partial charge in [0.25, 0.3) is 17.5 Å². The molecule has 0 radical (unpaired) electrons. The Kier molecular flexibility index (Phi) is 7.74. The van der Waals surface area contributed by atoms with E-state index in [1.165, 1.54) is 12.1 Å². The molecule has 1 atom stereocenters. The first-order valence-electron chi connectivity index (χ1n) is 11.4. The number of likely N-dealkylation sites (tertiary alicyclic amines) is 1. The van der Waals surface area contributed by atoms with Crippen molar-refractivity contribution in [3.8, 4) is 0 Å². The number of nitro groups is 1. The molecule has 3 aromatic rings. The third-order valence-electron chi connectivity index (χ3n) is 6.05. The fraction of sp³-hybridized carbons (Fsp3) is 0.231. The molecule has 8 nitrogen and oxygen atoms in total. The van der Waals surface area contributed by atoms with E-state index >= 15 is 0 Å². The maximum Gasteiger partial charge on any atom is 0.270 e. The number of rotatable bonds is 8. The second kappa shape index (κ2) is 11.1. The first-order chi connectivity index (χ1) is 16.9. The summed E-state index contributed by atoms with van der Waals surface area (Å²) in [6.45, 7) is 2.40. The summed E-state index contributed by atoms with van der Waals surface area (Å²) in [7, 11) is 0. The molecule has 4 rings (SSSR count). The van der Waals surface area contributed by atoms with Gasteiger partial charge >= 0.3 is 0 Å². The van der Waals surface area contributed by atoms with Gasteiger partial charge in [-0.25, -0.2) is 0 Å². The van der Waals surface area contributed by atoms with Crippen LogP contribution < -0.4 is 10.6 Å². The van der Waals surface area contributed by atoms with Crippen LogP contribution in [0.3, 0.4) is 0 Å². The van der Waals surface area contributed by atoms with Crippen molar-refractivity contribution in [2.75, 3.05) is 25.0 Å². The third kappa shape index (κ3) is 5.85. The van der Waals surface area contributed by atoms with Crippen molar-refractivity contribution in [2.45, 2.75) is 18.9 Å². The lowest BCUT2D eigenvalue weighted by Gasteiger charge is -2.28. The largest absolute Gasteiger partial charge is 0.350 e. The molecule has 1 aliphatic rings. The van der Waals surface area contributed by atoms with Crippen molar-refractivity contribution >= 4 is 34.8 Å². The Morgan fingerprint density at radius 3 is 2.31 bits per heavy atom. The van der Waals surface area contributed by atoms with Crippen molar-refractivity contribution in [1.82, 2.24) is 10.2 Å². The lowest BCUT2D eigenvalue weighted by atomic mass is 10.1. The Balaban J connectivity index is 1.49. The quantitative estimate of drug-likeness (QED) is 0.337. The molecule has 0 aliphatic carbocycles. The molecule has 9 heteroatoms. The summed E-state index contributed by atoms with van der Waals surface area (Å²) >= 11 is 6.09. The molecule has 3 aromatic carbocycles. The number of hydrogen-bond donors (Lipinski definition) is 2. The van der Waals surface area contributed by atoms with Crippen LogP contribution in [-0.4, -0.2) is 41.3 Å². The van der Waals surface area contributed by atoms with Crippen LogP contribution >= 0.6 is 11.6 Å². The minimum atomic E-state index is -0.585. The smallest absolute Gasteiger partial charge is 0.270 e. The number of nitrogens with one attached hydrogen (secondary N) is 2. The van der Waals surface area contributed by atoms with Crippen molar-refractivity contribution < 1.29 is 14.5 Å². The molecule has 1 heterocycles. The Morgan fingerprint density at radius 2 is 1.63 bits per heavy atom. The van der Waals surface area contributed by atoms with E-state index in [0.29, 0.717) is 17.8 Å². The highest BCUT2D eigenvalue weighted by Crippen LogP contribution is 2.26. The number of carbonyl (C=O) groups excluding carboxylic acids is 2. The Labute approximate surface area is 208 Å². The number of anilines is 1. The van der Waals surface area contributed by atoms with E-state index in [1.54, 1.807) is 24.3 Å². The van der Waals surface area contributed by atoms with Crippen LogP contribution in [-0.2, 0) is 0 Å². The highest BCUT2D eigenvalue weighted by molar-refractivity contribution is 6.34. The van der Waals surface area contributed by atoms with Crippen molar-refractivity contribution in [1.29, 1.82) is 0 Å². The van der Waals surface area contributed by atoms with Crippen molar-refractivity contribution in [2.24, 2.45) is 0 Å². The number of non-ortho nitro benzene ring substituents is 1. The molecule has 0 aromatic heterocycles. The first kappa shape index (κ1) is 24.4. The summed E-state index contributed by atoms with van der Waals surface area (Å²) in [5.41, 5.74) is 1.64. The number of halogens is 1. The average molecular weight is 493 g/mol. The molecule has 180 valence electrons. The first-order valence-corrected chi connectivity index (χ1v) is 11.7. The van der Waals surface area contributed by atoms with E-state index in [1.807, 2.05) is 18.2 Å². The number of carbonyl (C=O) groups is 2. The van der Waals surface area contributed by atoms with Crippen LogP contribution in [0.5, 0.6) is 0 Å². The van der Waals surface area contributed by atoms with Crippen LogP contribution in [0.25, 0.3) is 0 Å². The summed E-state index contributed by atoms with van der Waals surface area (Å²) in [6, 6.07) is 20.5. The maximum atomic E-state index is 13.1. The van der Waals surface area contributed by atoms with Crippen LogP contribution in [0.4, 0.5) is 11.4 Å². The normalized spacial score (nSPS) is 14.3. The minimum absolute atomic E-state index is 0.0463. The van der Waals surface area contributed by atoms with E-state index in [0.717, 1.165) is 37.6 Å². The topological polar surface area (TPSA) is 105 Å². The molecule has 0 saturated carbocycles. The fourth-order valence-corrected chi connectivity index (χ4v) is 4.51. The molecular weight excluding hydrogens is 468 g/mol. The summed E-state index contributed by atoms with van der Waals surface area (Å²) in [6.07, 6.45) is 2.27. The number of para-hydroxylation sites is 1. The molecule has 0 spiro atoms. The molecule has 35 heavy (non-hydrogen) atoms. The number of nitro benzene ring substituents is 1. The predicted molar refractivity (Wildman–Crippen MR) is 135 cm³/mol. The van der Waals surface area contributed by atoms with Crippen molar-refractivity contribution in [3.05, 3.63) is 105 Å². The molecule has 1 saturated heterocycles. The summed E-state index contributed by atoms with van der Waals surface area (Å²) in [5, 5.41) is 16.6. The number of amides is 2. The summed E-state index contributed by atoms with van der Waals surface area (Å²) in [4.78, 5) is 38.7. The van der Waals surface area contributed by atoms with Crippen molar-refractivity contribution in [3.63, 3.8) is 0 Å². The summed E-state index contributed by atoms with van der Waals surface area (Å²) < 4.78 is 0. The minimum Gasteiger partial charge on any atom is -0.350 e. The van der Waals surface area contributed by atoms with Crippen LogP contribution in [0.2, 0.25) is 5.02 Å². The average Bonchev–Trinajstić information content (AvgIpc) is 3.39. The van der Waals surface area contributed by atoms with E-state index in [4.69, 9.17) is 11.6 Å². The molecule has 1 unspecified atom stereocenters. The SMILES string of the molecule is O=C(Nc1ccccc1C(=O)NCC(c1ccccc1)N1CCCC1)c1ccc([N+](=O)[O-])cc1Cl. The predicted octanol–water partition coefficient (Wildman–Crippen LogP) is 5.07. The van der Waals surface area contributed by atoms with Gasteiger partial charge in [0.2, 0.25) is 0 Å². The van der Waals surface area contributed by atoms with Crippen LogP contribution in [0, 0.1) is 10.1 Å². The molecule has 1 fully saturated rings. The zero-order chi connectivity index (χ0) is 24.8. The van der Waals surface area contributed by atoms with Crippen LogP contribution in [0.1, 0.15) is 45.2 Å². The summed E-state index contributed by atoms with van der Waals surface area (Å²) in [5.74, 6) is -0.875. The zero-order valence-corrected chi connectivity index (χ0v) is 19.7. The van der Waals surface area contributed by atoms with Gasteiger partial charge < -0.3 is 10.6 Å². The monoisotopic (exact) mass is 492 g/mol. The standard InChI is InChI=1S/C26H25ClN4O4/c27-22-16-19(31(34)35)12-13-20(22)26(33)29-23-11-5-4-10-21(23)25(32)28-17-24(30-14-6-7-15-30)18-8-2-1-3-9-18/h1-5,8-13,16,24H,6-7,14-15,17H2,(H,28,32)(H,29,33). The molecular formula is C26H25ClN4O4. The number of benzene rings is 3. The van der Waals surface area contributed by atoms with E-state index < -0.39 is 10.8 Å². The second-order valence-corrected chi connectivity index (χ2v) is 8.71. The van der Waals surface area contributed by atoms with Gasteiger partial charge in [-0.05, 0) is 49.7 Å². The number of hydrogen-bond acceptors (Lipinski definition) is 5. The van der Waals surface area contributed by atoms with E-state index in [9.17, 15) is 19.7 Å². The third-order valence-corrected chi connectivity index (χ3v) is 6.36. The van der Waals surface area contributed by atoms with E-state index in [2.05, 4.69) is 27.7 Å². The maximum absolute atomic E-state index is 13.1. The highest BCUT2D eigenvalue weighted by atomic mass is 35.5. The highest BCUT2D eigenvalue weighted by Gasteiger charge is 2.25. The fourth-order valence-electron chi connectivity index (χ4n) is 4.25. The van der Waals surface area contributed by atoms with Gasteiger partial charge in [0.15, 0.2) is 0 Å². The Morgan fingerprint density at radius 1 is 0.943 bits per heavy atom. The Hall–Kier alpha value is -3.75.